The fourth-order valence-electron chi connectivity index (χ4n) is 3.71. The van der Waals surface area contributed by atoms with Crippen molar-refractivity contribution >= 4 is 0 Å². The first-order valence-electron chi connectivity index (χ1n) is 11.0. The molecule has 0 fully saturated rings. The molecule has 2 nitrogen and oxygen atoms in total. The van der Waals surface area contributed by atoms with Gasteiger partial charge in [-0.1, -0.05) is 85.0 Å². The van der Waals surface area contributed by atoms with E-state index < -0.39 is 0 Å². The molecule has 1 aliphatic rings. The van der Waals surface area contributed by atoms with Crippen LogP contribution in [0.3, 0.4) is 0 Å². The van der Waals surface area contributed by atoms with E-state index in [1.54, 1.807) is 0 Å². The Morgan fingerprint density at radius 3 is 1.46 bits per heavy atom. The molecule has 0 saturated heterocycles. The van der Waals surface area contributed by atoms with Crippen molar-refractivity contribution in [1.29, 1.82) is 0 Å². The lowest BCUT2D eigenvalue weighted by Gasteiger charge is -2.33. The van der Waals surface area contributed by atoms with Gasteiger partial charge in [0.05, 0.1) is 0 Å². The van der Waals surface area contributed by atoms with Gasteiger partial charge in [0.1, 0.15) is 6.17 Å². The summed E-state index contributed by atoms with van der Waals surface area (Å²) in [5.74, 6) is 0. The summed E-state index contributed by atoms with van der Waals surface area (Å²) in [5.41, 5.74) is 0. The molecule has 2 heteroatoms. The molecule has 0 unspecified atom stereocenters. The zero-order valence-electron chi connectivity index (χ0n) is 16.9. The van der Waals surface area contributed by atoms with Gasteiger partial charge >= 0.3 is 0 Å². The molecule has 0 spiro atoms. The van der Waals surface area contributed by atoms with Crippen molar-refractivity contribution in [2.24, 2.45) is 0 Å². The number of nitrogens with zero attached hydrogens (tertiary/aromatic N) is 2. The van der Waals surface area contributed by atoms with Gasteiger partial charge in [-0.2, -0.15) is 0 Å². The second-order valence-electron chi connectivity index (χ2n) is 7.58. The lowest BCUT2D eigenvalue weighted by atomic mass is 10.1. The molecule has 0 radical (unpaired) electrons. The smallest absolute Gasteiger partial charge is 0.101 e. The van der Waals surface area contributed by atoms with Crippen LogP contribution in [0.2, 0.25) is 0 Å². The predicted molar refractivity (Wildman–Crippen MR) is 108 cm³/mol. The minimum absolute atomic E-state index is 0.648. The molecule has 0 atom stereocenters. The minimum Gasteiger partial charge on any atom is -0.356 e. The molecule has 0 aliphatic carbocycles. The number of hydrogen-bond donors (Lipinski definition) is 0. The lowest BCUT2D eigenvalue weighted by Crippen LogP contribution is -2.39. The van der Waals surface area contributed by atoms with Gasteiger partial charge in [0.2, 0.25) is 0 Å². The SMILES string of the molecule is CCCCCCCCCC1N(CCCCC)C=CN1CCCCC. The molecule has 0 aromatic heterocycles. The Labute approximate surface area is 152 Å². The molecule has 142 valence electrons. The number of hydrogen-bond acceptors (Lipinski definition) is 2. The van der Waals surface area contributed by atoms with E-state index in [1.165, 1.54) is 103 Å². The average Bonchev–Trinajstić information content (AvgIpc) is 2.97. The molecule has 0 aromatic rings. The third-order valence-corrected chi connectivity index (χ3v) is 5.32. The van der Waals surface area contributed by atoms with Crippen LogP contribution in [0.15, 0.2) is 12.4 Å². The summed E-state index contributed by atoms with van der Waals surface area (Å²) < 4.78 is 0. The van der Waals surface area contributed by atoms with E-state index in [0.717, 1.165) is 0 Å². The topological polar surface area (TPSA) is 6.48 Å². The van der Waals surface area contributed by atoms with Crippen molar-refractivity contribution in [2.45, 2.75) is 117 Å². The van der Waals surface area contributed by atoms with Crippen molar-refractivity contribution in [3.63, 3.8) is 0 Å². The largest absolute Gasteiger partial charge is 0.356 e. The highest BCUT2D eigenvalue weighted by molar-refractivity contribution is 4.96. The van der Waals surface area contributed by atoms with Crippen molar-refractivity contribution < 1.29 is 0 Å². The highest BCUT2D eigenvalue weighted by Crippen LogP contribution is 2.23. The van der Waals surface area contributed by atoms with Crippen LogP contribution < -0.4 is 0 Å². The summed E-state index contributed by atoms with van der Waals surface area (Å²) in [7, 11) is 0. The fourth-order valence-corrected chi connectivity index (χ4v) is 3.71. The summed E-state index contributed by atoms with van der Waals surface area (Å²) in [6, 6.07) is 0. The molecular formula is C22H44N2. The quantitative estimate of drug-likeness (QED) is 0.282. The maximum absolute atomic E-state index is 2.62. The van der Waals surface area contributed by atoms with Crippen LogP contribution in [0.4, 0.5) is 0 Å². The Morgan fingerprint density at radius 1 is 0.542 bits per heavy atom. The van der Waals surface area contributed by atoms with Gasteiger partial charge < -0.3 is 9.80 Å². The van der Waals surface area contributed by atoms with Crippen LogP contribution in [-0.2, 0) is 0 Å². The monoisotopic (exact) mass is 336 g/mol. The molecule has 0 amide bonds. The molecule has 0 saturated carbocycles. The van der Waals surface area contributed by atoms with Gasteiger partial charge in [0, 0.05) is 25.5 Å². The van der Waals surface area contributed by atoms with E-state index in [4.69, 9.17) is 0 Å². The summed E-state index contributed by atoms with van der Waals surface area (Å²) in [6.45, 7) is 9.39. The minimum atomic E-state index is 0.648. The van der Waals surface area contributed by atoms with Crippen LogP contribution in [-0.4, -0.2) is 29.1 Å². The van der Waals surface area contributed by atoms with Crippen LogP contribution in [0, 0.1) is 0 Å². The average molecular weight is 337 g/mol. The van der Waals surface area contributed by atoms with Gasteiger partial charge in [-0.3, -0.25) is 0 Å². The van der Waals surface area contributed by atoms with Gasteiger partial charge in [-0.25, -0.2) is 0 Å². The third kappa shape index (κ3) is 8.99. The highest BCUT2D eigenvalue weighted by atomic mass is 15.4. The summed E-state index contributed by atoms with van der Waals surface area (Å²) in [5, 5.41) is 0. The van der Waals surface area contributed by atoms with Crippen molar-refractivity contribution in [2.75, 3.05) is 13.1 Å². The highest BCUT2D eigenvalue weighted by Gasteiger charge is 2.24. The van der Waals surface area contributed by atoms with E-state index in [-0.39, 0.29) is 0 Å². The molecule has 24 heavy (non-hydrogen) atoms. The normalized spacial score (nSPS) is 15.0. The maximum atomic E-state index is 2.62. The molecule has 0 aromatic carbocycles. The Bertz CT molecular complexity index is 280. The zero-order chi connectivity index (χ0) is 17.5. The molecule has 1 aliphatic heterocycles. The van der Waals surface area contributed by atoms with E-state index in [9.17, 15) is 0 Å². The molecule has 1 heterocycles. The lowest BCUT2D eigenvalue weighted by molar-refractivity contribution is 0.136. The second-order valence-corrected chi connectivity index (χ2v) is 7.58. The van der Waals surface area contributed by atoms with Crippen LogP contribution in [0.5, 0.6) is 0 Å². The van der Waals surface area contributed by atoms with E-state index >= 15 is 0 Å². The van der Waals surface area contributed by atoms with Crippen LogP contribution >= 0.6 is 0 Å². The third-order valence-electron chi connectivity index (χ3n) is 5.32. The van der Waals surface area contributed by atoms with Gasteiger partial charge in [0.25, 0.3) is 0 Å². The Balaban J connectivity index is 2.30. The Hall–Kier alpha value is -0.660. The molecule has 1 rings (SSSR count). The van der Waals surface area contributed by atoms with Crippen molar-refractivity contribution in [3.05, 3.63) is 12.4 Å². The van der Waals surface area contributed by atoms with Crippen LogP contribution in [0.1, 0.15) is 111 Å². The maximum Gasteiger partial charge on any atom is 0.101 e. The number of rotatable bonds is 16. The first kappa shape index (κ1) is 21.4. The van der Waals surface area contributed by atoms with Gasteiger partial charge in [0.15, 0.2) is 0 Å². The zero-order valence-corrected chi connectivity index (χ0v) is 16.9. The standard InChI is InChI=1S/C22H44N2/c1-4-7-10-11-12-13-14-17-22-23(18-15-8-5-2)20-21-24(22)19-16-9-6-3/h20-22H,4-19H2,1-3H3. The van der Waals surface area contributed by atoms with Crippen molar-refractivity contribution in [1.82, 2.24) is 9.80 Å². The summed E-state index contributed by atoms with van der Waals surface area (Å²) in [4.78, 5) is 5.25. The summed E-state index contributed by atoms with van der Waals surface area (Å²) >= 11 is 0. The first-order chi connectivity index (χ1) is 11.8. The Morgan fingerprint density at radius 2 is 0.958 bits per heavy atom. The summed E-state index contributed by atoms with van der Waals surface area (Å²) in [6.07, 6.45) is 24.7. The molecule has 0 bridgehead atoms. The van der Waals surface area contributed by atoms with Crippen LogP contribution in [0.25, 0.3) is 0 Å². The molecular weight excluding hydrogens is 292 g/mol. The van der Waals surface area contributed by atoms with Crippen molar-refractivity contribution in [3.8, 4) is 0 Å². The Kier molecular flexibility index (Phi) is 13.1. The van der Waals surface area contributed by atoms with E-state index in [0.29, 0.717) is 6.17 Å². The van der Waals surface area contributed by atoms with E-state index in [2.05, 4.69) is 43.0 Å². The van der Waals surface area contributed by atoms with Gasteiger partial charge in [-0.05, 0) is 25.7 Å². The first-order valence-corrected chi connectivity index (χ1v) is 11.0. The van der Waals surface area contributed by atoms with Gasteiger partial charge in [-0.15, -0.1) is 0 Å². The fraction of sp³-hybridized carbons (Fsp3) is 0.909. The number of unbranched alkanes of at least 4 members (excludes halogenated alkanes) is 10. The predicted octanol–water partition coefficient (Wildman–Crippen LogP) is 6.92. The second kappa shape index (κ2) is 14.7. The van der Waals surface area contributed by atoms with E-state index in [1.807, 2.05) is 0 Å². The molecule has 0 N–H and O–H groups in total.